The van der Waals surface area contributed by atoms with Gasteiger partial charge in [-0.2, -0.15) is 0 Å². The van der Waals surface area contributed by atoms with Crippen molar-refractivity contribution < 1.29 is 23.4 Å². The Hall–Kier alpha value is -1.57. The minimum absolute atomic E-state index is 0. The van der Waals surface area contributed by atoms with Crippen LogP contribution in [0.15, 0.2) is 12.1 Å². The van der Waals surface area contributed by atoms with Gasteiger partial charge in [-0.05, 0) is 6.07 Å². The Morgan fingerprint density at radius 1 is 1.09 bits per heavy atom. The lowest BCUT2D eigenvalue weighted by Crippen LogP contribution is -2.33. The largest absolute Gasteiger partial charge is 0.493 e. The maximum Gasteiger partial charge on any atom is 0.254 e. The molecule has 0 aliphatic heterocycles. The lowest BCUT2D eigenvalue weighted by atomic mass is 10.1. The van der Waals surface area contributed by atoms with Crippen LogP contribution in [0.3, 0.4) is 0 Å². The summed E-state index contributed by atoms with van der Waals surface area (Å²) in [4.78, 5) is 11.9. The van der Waals surface area contributed by atoms with E-state index >= 15 is 0 Å². The van der Waals surface area contributed by atoms with Gasteiger partial charge in [0.2, 0.25) is 0 Å². The first-order valence-electron chi connectivity index (χ1n) is 6.53. The summed E-state index contributed by atoms with van der Waals surface area (Å²) in [6.07, 6.45) is 0. The van der Waals surface area contributed by atoms with Gasteiger partial charge in [0.25, 0.3) is 5.91 Å². The molecule has 8 heteroatoms. The number of ether oxygens (including phenoxy) is 3. The van der Waals surface area contributed by atoms with Gasteiger partial charge in [0.1, 0.15) is 5.82 Å². The molecule has 0 aromatic heterocycles. The van der Waals surface area contributed by atoms with Crippen LogP contribution in [0.5, 0.6) is 11.5 Å². The molecule has 0 radical (unpaired) electrons. The fourth-order valence-electron chi connectivity index (χ4n) is 1.69. The molecule has 1 aromatic carbocycles. The zero-order chi connectivity index (χ0) is 15.7. The number of carbonyl (C=O) groups is 1. The topological polar surface area (TPSA) is 68.8 Å². The molecule has 0 fully saturated rings. The number of hydrogen-bond donors (Lipinski definition) is 2. The minimum Gasteiger partial charge on any atom is -0.493 e. The van der Waals surface area contributed by atoms with Crippen molar-refractivity contribution in [1.29, 1.82) is 0 Å². The van der Waals surface area contributed by atoms with Crippen LogP contribution >= 0.6 is 12.4 Å². The van der Waals surface area contributed by atoms with Gasteiger partial charge < -0.3 is 24.8 Å². The van der Waals surface area contributed by atoms with E-state index in [1.165, 1.54) is 20.3 Å². The SMILES string of the molecule is COCCNCCNC(=O)c1cc(OC)c(OC)cc1F.Cl. The van der Waals surface area contributed by atoms with E-state index in [0.717, 1.165) is 6.07 Å². The fraction of sp³-hybridized carbons (Fsp3) is 0.500. The van der Waals surface area contributed by atoms with Crippen LogP contribution in [-0.4, -0.2) is 53.5 Å². The molecular formula is C14H22ClFN2O4. The number of rotatable bonds is 9. The number of halogens is 2. The summed E-state index contributed by atoms with van der Waals surface area (Å²) in [5, 5.41) is 5.70. The first-order chi connectivity index (χ1) is 10.1. The molecule has 0 aliphatic carbocycles. The second-order valence-corrected chi connectivity index (χ2v) is 4.19. The monoisotopic (exact) mass is 336 g/mol. The Bertz CT molecular complexity index is 474. The van der Waals surface area contributed by atoms with Gasteiger partial charge in [0, 0.05) is 32.8 Å². The summed E-state index contributed by atoms with van der Waals surface area (Å²) < 4.78 is 28.8. The third-order valence-electron chi connectivity index (χ3n) is 2.79. The molecule has 0 saturated carbocycles. The average molecular weight is 337 g/mol. The molecule has 1 aromatic rings. The van der Waals surface area contributed by atoms with Crippen molar-refractivity contribution in [3.8, 4) is 11.5 Å². The van der Waals surface area contributed by atoms with Crippen molar-refractivity contribution >= 4 is 18.3 Å². The average Bonchev–Trinajstić information content (AvgIpc) is 2.50. The highest BCUT2D eigenvalue weighted by atomic mass is 35.5. The van der Waals surface area contributed by atoms with E-state index in [2.05, 4.69) is 10.6 Å². The second kappa shape index (κ2) is 11.1. The Morgan fingerprint density at radius 3 is 2.32 bits per heavy atom. The van der Waals surface area contributed by atoms with Crippen LogP contribution in [0.25, 0.3) is 0 Å². The number of benzene rings is 1. The van der Waals surface area contributed by atoms with Crippen molar-refractivity contribution in [2.24, 2.45) is 0 Å². The second-order valence-electron chi connectivity index (χ2n) is 4.19. The van der Waals surface area contributed by atoms with Crippen molar-refractivity contribution in [2.45, 2.75) is 0 Å². The van der Waals surface area contributed by atoms with Crippen LogP contribution < -0.4 is 20.1 Å². The van der Waals surface area contributed by atoms with E-state index in [1.54, 1.807) is 7.11 Å². The van der Waals surface area contributed by atoms with E-state index in [9.17, 15) is 9.18 Å². The normalized spacial score (nSPS) is 9.82. The molecule has 2 N–H and O–H groups in total. The van der Waals surface area contributed by atoms with Gasteiger partial charge in [-0.15, -0.1) is 12.4 Å². The summed E-state index contributed by atoms with van der Waals surface area (Å²) in [5.74, 6) is -0.602. The van der Waals surface area contributed by atoms with Crippen LogP contribution in [0.4, 0.5) is 4.39 Å². The van der Waals surface area contributed by atoms with E-state index in [4.69, 9.17) is 14.2 Å². The van der Waals surface area contributed by atoms with Crippen molar-refractivity contribution in [3.05, 3.63) is 23.5 Å². The van der Waals surface area contributed by atoms with Gasteiger partial charge in [0.15, 0.2) is 11.5 Å². The molecule has 1 amide bonds. The highest BCUT2D eigenvalue weighted by Crippen LogP contribution is 2.29. The maximum absolute atomic E-state index is 13.9. The molecule has 0 spiro atoms. The molecule has 0 unspecified atom stereocenters. The van der Waals surface area contributed by atoms with E-state index in [0.29, 0.717) is 32.0 Å². The Labute approximate surface area is 135 Å². The zero-order valence-electron chi connectivity index (χ0n) is 12.9. The minimum atomic E-state index is -0.655. The van der Waals surface area contributed by atoms with Crippen LogP contribution in [0.1, 0.15) is 10.4 Å². The molecule has 0 bridgehead atoms. The summed E-state index contributed by atoms with van der Waals surface area (Å²) in [7, 11) is 4.45. The molecular weight excluding hydrogens is 315 g/mol. The van der Waals surface area contributed by atoms with Gasteiger partial charge >= 0.3 is 0 Å². The van der Waals surface area contributed by atoms with Gasteiger partial charge in [-0.25, -0.2) is 4.39 Å². The number of carbonyl (C=O) groups excluding carboxylic acids is 1. The number of nitrogens with one attached hydrogen (secondary N) is 2. The lowest BCUT2D eigenvalue weighted by molar-refractivity contribution is 0.0949. The van der Waals surface area contributed by atoms with E-state index in [1.807, 2.05) is 0 Å². The predicted octanol–water partition coefficient (Wildman–Crippen LogP) is 1.23. The number of hydrogen-bond acceptors (Lipinski definition) is 5. The Balaban J connectivity index is 0.00000441. The Morgan fingerprint density at radius 2 is 1.73 bits per heavy atom. The van der Waals surface area contributed by atoms with Crippen molar-refractivity contribution in [3.63, 3.8) is 0 Å². The van der Waals surface area contributed by atoms with Crippen LogP contribution in [0, 0.1) is 5.82 Å². The molecule has 0 aliphatic rings. The summed E-state index contributed by atoms with van der Waals surface area (Å²) in [6, 6.07) is 2.45. The first-order valence-corrected chi connectivity index (χ1v) is 6.53. The standard InChI is InChI=1S/C14H21FN2O4.ClH/c1-19-7-6-16-4-5-17-14(18)10-8-12(20-2)13(21-3)9-11(10)15;/h8-9,16H,4-7H2,1-3H3,(H,17,18);1H. The maximum atomic E-state index is 13.9. The highest BCUT2D eigenvalue weighted by Gasteiger charge is 2.16. The molecule has 0 heterocycles. The Kier molecular flexibility index (Phi) is 10.3. The quantitative estimate of drug-likeness (QED) is 0.664. The van der Waals surface area contributed by atoms with E-state index in [-0.39, 0.29) is 23.7 Å². The van der Waals surface area contributed by atoms with Gasteiger partial charge in [0.05, 0.1) is 26.4 Å². The third kappa shape index (κ3) is 6.05. The van der Waals surface area contributed by atoms with Gasteiger partial charge in [-0.3, -0.25) is 4.79 Å². The first kappa shape index (κ1) is 20.4. The highest BCUT2D eigenvalue weighted by molar-refractivity contribution is 5.95. The smallest absolute Gasteiger partial charge is 0.254 e. The summed E-state index contributed by atoms with van der Waals surface area (Å²) in [5.41, 5.74) is -0.0791. The van der Waals surface area contributed by atoms with Crippen LogP contribution in [0.2, 0.25) is 0 Å². The molecule has 1 rings (SSSR count). The molecule has 0 atom stereocenters. The lowest BCUT2D eigenvalue weighted by Gasteiger charge is -2.11. The number of amides is 1. The summed E-state index contributed by atoms with van der Waals surface area (Å²) in [6.45, 7) is 2.25. The molecule has 126 valence electrons. The third-order valence-corrected chi connectivity index (χ3v) is 2.79. The zero-order valence-corrected chi connectivity index (χ0v) is 13.7. The molecule has 0 saturated heterocycles. The van der Waals surface area contributed by atoms with Gasteiger partial charge in [-0.1, -0.05) is 0 Å². The predicted molar refractivity (Wildman–Crippen MR) is 83.8 cm³/mol. The molecule has 6 nitrogen and oxygen atoms in total. The fourth-order valence-corrected chi connectivity index (χ4v) is 1.69. The number of methoxy groups -OCH3 is 3. The van der Waals surface area contributed by atoms with Crippen LogP contribution in [-0.2, 0) is 4.74 Å². The van der Waals surface area contributed by atoms with Crippen molar-refractivity contribution in [1.82, 2.24) is 10.6 Å². The van der Waals surface area contributed by atoms with Crippen molar-refractivity contribution in [2.75, 3.05) is 47.6 Å². The molecule has 22 heavy (non-hydrogen) atoms. The summed E-state index contributed by atoms with van der Waals surface area (Å²) >= 11 is 0. The van der Waals surface area contributed by atoms with E-state index < -0.39 is 11.7 Å².